The van der Waals surface area contributed by atoms with Gasteiger partial charge in [0.2, 0.25) is 0 Å². The minimum atomic E-state index is -0.884. The molecule has 1 amide bonds. The fourth-order valence-corrected chi connectivity index (χ4v) is 1.45. The van der Waals surface area contributed by atoms with Gasteiger partial charge in [0, 0.05) is 5.02 Å². The van der Waals surface area contributed by atoms with Gasteiger partial charge in [-0.1, -0.05) is 11.6 Å². The molecule has 1 heterocycles. The Hall–Kier alpha value is -1.93. The van der Waals surface area contributed by atoms with Gasteiger partial charge < -0.3 is 0 Å². The minimum Gasteiger partial charge on any atom is -0.283 e. The number of Topliss-reactive ketones (excluding diaryl/α,β-unsaturated/α-hetero) is 1. The molecule has 0 spiro atoms. The normalized spacial score (nSPS) is 14.1. The van der Waals surface area contributed by atoms with Crippen LogP contribution in [-0.2, 0) is 4.79 Å². The van der Waals surface area contributed by atoms with Crippen LogP contribution in [0.2, 0.25) is 5.02 Å². The molecule has 0 saturated heterocycles. The molecule has 1 aliphatic heterocycles. The third-order valence-corrected chi connectivity index (χ3v) is 2.14. The predicted octanol–water partition coefficient (Wildman–Crippen LogP) is 1.64. The second kappa shape index (κ2) is 2.79. The Labute approximate surface area is 83.5 Å². The second-order valence-electron chi connectivity index (χ2n) is 2.70. The van der Waals surface area contributed by atoms with Crippen LogP contribution >= 0.6 is 11.6 Å². The van der Waals surface area contributed by atoms with Crippen molar-refractivity contribution in [1.82, 2.24) is 0 Å². The number of fused-ring (bicyclic) bond motifs is 1. The summed E-state index contributed by atoms with van der Waals surface area (Å²) in [6.45, 7) is 0. The molecule has 1 aromatic carbocycles. The number of nitrogens with zero attached hydrogens (tertiary/aromatic N) is 3. The van der Waals surface area contributed by atoms with E-state index in [0.29, 0.717) is 10.0 Å². The van der Waals surface area contributed by atoms with Crippen LogP contribution in [0.15, 0.2) is 18.2 Å². The van der Waals surface area contributed by atoms with E-state index in [2.05, 4.69) is 5.08 Å². The summed E-state index contributed by atoms with van der Waals surface area (Å²) in [4.78, 5) is 22.5. The molecule has 0 fully saturated rings. The summed E-state index contributed by atoms with van der Waals surface area (Å²) in [5, 5.41) is 12.2. The van der Waals surface area contributed by atoms with Gasteiger partial charge in [0.15, 0.2) is 0 Å². The lowest BCUT2D eigenvalue weighted by molar-refractivity contribution is -0.113. The van der Waals surface area contributed by atoms with Gasteiger partial charge in [0.05, 0.1) is 10.6 Å². The number of carbonyl (C=O) groups excluding carboxylic acids is 2. The highest BCUT2D eigenvalue weighted by Gasteiger charge is 2.44. The molecule has 0 N–H and O–H groups in total. The molecule has 6 heteroatoms. The van der Waals surface area contributed by atoms with Crippen LogP contribution in [0.5, 0.6) is 0 Å². The Morgan fingerprint density at radius 3 is 2.71 bits per heavy atom. The first kappa shape index (κ1) is 8.66. The van der Waals surface area contributed by atoms with Gasteiger partial charge in [-0.2, -0.15) is 0 Å². The van der Waals surface area contributed by atoms with Crippen molar-refractivity contribution in [1.29, 1.82) is 5.39 Å². The van der Waals surface area contributed by atoms with Gasteiger partial charge >= 0.3 is 11.0 Å². The molecule has 14 heavy (non-hydrogen) atoms. The predicted molar refractivity (Wildman–Crippen MR) is 48.4 cm³/mol. The minimum absolute atomic E-state index is 0.192. The molecule has 68 valence electrons. The molecule has 1 aliphatic rings. The molecule has 5 nitrogen and oxygen atoms in total. The van der Waals surface area contributed by atoms with Gasteiger partial charge in [-0.25, -0.2) is 0 Å². The Kier molecular flexibility index (Phi) is 1.72. The lowest BCUT2D eigenvalue weighted by atomic mass is 10.1. The number of hydrogen-bond donors (Lipinski definition) is 0. The first-order valence-corrected chi connectivity index (χ1v) is 4.06. The van der Waals surface area contributed by atoms with E-state index in [9.17, 15) is 9.59 Å². The zero-order chi connectivity index (χ0) is 10.3. The summed E-state index contributed by atoms with van der Waals surface area (Å²) < 4.78 is 0. The number of halogens is 1. The van der Waals surface area contributed by atoms with E-state index in [4.69, 9.17) is 17.0 Å². The fourth-order valence-electron chi connectivity index (χ4n) is 1.28. The quantitative estimate of drug-likeness (QED) is 0.481. The van der Waals surface area contributed by atoms with Crippen molar-refractivity contribution in [2.75, 3.05) is 5.01 Å². The molecular weight excluding hydrogens is 206 g/mol. The van der Waals surface area contributed by atoms with Crippen molar-refractivity contribution >= 4 is 29.0 Å². The second-order valence-corrected chi connectivity index (χ2v) is 3.13. The van der Waals surface area contributed by atoms with Crippen molar-refractivity contribution < 1.29 is 9.59 Å². The maximum Gasteiger partial charge on any atom is 0.375 e. The molecule has 0 saturated carbocycles. The Bertz CT molecular complexity index is 492. The summed E-state index contributed by atoms with van der Waals surface area (Å²) in [6, 6.07) is 4.30. The van der Waals surface area contributed by atoms with Crippen LogP contribution in [0, 0.1) is 5.39 Å². The SMILES string of the molecule is N#[N+]N1C(=O)C(=O)c2ccc(Cl)cc21. The molecule has 1 aromatic rings. The highest BCUT2D eigenvalue weighted by molar-refractivity contribution is 6.52. The van der Waals surface area contributed by atoms with Gasteiger partial charge in [0.25, 0.3) is 11.2 Å². The number of diazo groups is 1. The largest absolute Gasteiger partial charge is 0.375 e. The lowest BCUT2D eigenvalue weighted by Gasteiger charge is -1.93. The maximum atomic E-state index is 11.3. The summed E-state index contributed by atoms with van der Waals surface area (Å²) >= 11 is 5.67. The van der Waals surface area contributed by atoms with E-state index in [0.717, 1.165) is 0 Å². The van der Waals surface area contributed by atoms with Crippen LogP contribution in [0.3, 0.4) is 0 Å². The highest BCUT2D eigenvalue weighted by Crippen LogP contribution is 2.31. The monoisotopic (exact) mass is 208 g/mol. The summed E-state index contributed by atoms with van der Waals surface area (Å²) in [5.74, 6) is -1.58. The van der Waals surface area contributed by atoms with E-state index in [1.165, 1.54) is 18.2 Å². The van der Waals surface area contributed by atoms with Crippen LogP contribution in [0.1, 0.15) is 10.4 Å². The molecule has 0 atom stereocenters. The summed E-state index contributed by atoms with van der Waals surface area (Å²) in [5.41, 5.74) is 0.396. The van der Waals surface area contributed by atoms with E-state index < -0.39 is 11.7 Å². The topological polar surface area (TPSA) is 65.5 Å². The van der Waals surface area contributed by atoms with E-state index in [1.807, 2.05) is 0 Å². The zero-order valence-corrected chi connectivity index (χ0v) is 7.52. The van der Waals surface area contributed by atoms with Crippen molar-refractivity contribution in [2.45, 2.75) is 0 Å². The van der Waals surface area contributed by atoms with Crippen molar-refractivity contribution in [2.24, 2.45) is 0 Å². The highest BCUT2D eigenvalue weighted by atomic mass is 35.5. The molecule has 0 aromatic heterocycles. The van der Waals surface area contributed by atoms with Crippen LogP contribution in [0.25, 0.3) is 5.08 Å². The molecular formula is C8H3ClN3O2+. The van der Waals surface area contributed by atoms with Crippen LogP contribution in [0.4, 0.5) is 5.69 Å². The number of ketones is 1. The van der Waals surface area contributed by atoms with Gasteiger partial charge in [-0.05, 0) is 18.2 Å². The Morgan fingerprint density at radius 1 is 1.36 bits per heavy atom. The Balaban J connectivity index is 2.69. The molecule has 0 radical (unpaired) electrons. The zero-order valence-electron chi connectivity index (χ0n) is 6.77. The van der Waals surface area contributed by atoms with E-state index >= 15 is 0 Å². The molecule has 0 bridgehead atoms. The number of anilines is 1. The van der Waals surface area contributed by atoms with Crippen molar-refractivity contribution in [3.05, 3.63) is 33.9 Å². The number of rotatable bonds is 0. The van der Waals surface area contributed by atoms with Gasteiger partial charge in [-0.15, -0.1) is 0 Å². The third-order valence-electron chi connectivity index (χ3n) is 1.91. The number of benzene rings is 1. The number of carbonyl (C=O) groups is 2. The van der Waals surface area contributed by atoms with Crippen molar-refractivity contribution in [3.63, 3.8) is 0 Å². The summed E-state index contributed by atoms with van der Waals surface area (Å²) in [7, 11) is 0. The molecule has 0 unspecified atom stereocenters. The van der Waals surface area contributed by atoms with E-state index in [1.54, 1.807) is 0 Å². The first-order valence-electron chi connectivity index (χ1n) is 3.68. The average molecular weight is 209 g/mol. The third kappa shape index (κ3) is 0.980. The lowest BCUT2D eigenvalue weighted by Crippen LogP contribution is -2.22. The number of hydrogen-bond acceptors (Lipinski definition) is 3. The average Bonchev–Trinajstić information content (AvgIpc) is 2.39. The number of amides is 1. The van der Waals surface area contributed by atoms with Gasteiger partial charge in [0.1, 0.15) is 5.69 Å². The Morgan fingerprint density at radius 2 is 2.07 bits per heavy atom. The molecule has 2 rings (SSSR count). The fraction of sp³-hybridized carbons (Fsp3) is 0. The summed E-state index contributed by atoms with van der Waals surface area (Å²) in [6.07, 6.45) is 0. The van der Waals surface area contributed by atoms with E-state index in [-0.39, 0.29) is 11.3 Å². The van der Waals surface area contributed by atoms with Gasteiger partial charge in [-0.3, -0.25) is 9.59 Å². The van der Waals surface area contributed by atoms with Crippen LogP contribution < -0.4 is 5.01 Å². The first-order chi connectivity index (χ1) is 6.65. The van der Waals surface area contributed by atoms with Crippen LogP contribution in [-0.4, -0.2) is 11.7 Å². The molecule has 0 aliphatic carbocycles. The maximum absolute atomic E-state index is 11.3. The van der Waals surface area contributed by atoms with Crippen molar-refractivity contribution in [3.8, 4) is 0 Å². The smallest absolute Gasteiger partial charge is 0.283 e. The standard InChI is InChI=1S/C8H3ClN3O2/c9-4-1-2-5-6(3-4)12(11-10)8(14)7(5)13/h1-3H/q+1.